The van der Waals surface area contributed by atoms with Gasteiger partial charge in [-0.1, -0.05) is 36.1 Å². The summed E-state index contributed by atoms with van der Waals surface area (Å²) in [7, 11) is -3.32. The lowest BCUT2D eigenvalue weighted by atomic mass is 10.1. The molecule has 7 nitrogen and oxygen atoms in total. The molecular formula is C19H15N3O4S2. The molecule has 0 unspecified atom stereocenters. The van der Waals surface area contributed by atoms with Gasteiger partial charge in [0.05, 0.1) is 15.1 Å². The molecule has 0 aliphatic carbocycles. The minimum atomic E-state index is -3.32. The number of rotatable bonds is 4. The van der Waals surface area contributed by atoms with Crippen LogP contribution in [0.2, 0.25) is 0 Å². The molecule has 2 aromatic carbocycles. The summed E-state index contributed by atoms with van der Waals surface area (Å²) in [4.78, 5) is 30.7. The maximum absolute atomic E-state index is 12.5. The Morgan fingerprint density at radius 3 is 2.61 bits per heavy atom. The van der Waals surface area contributed by atoms with E-state index >= 15 is 0 Å². The molecule has 1 N–H and O–H groups in total. The Bertz CT molecular complexity index is 1230. The molecule has 2 heterocycles. The van der Waals surface area contributed by atoms with Gasteiger partial charge in [0.25, 0.3) is 5.91 Å². The number of hydrogen-bond donors (Lipinski definition) is 1. The molecule has 9 heteroatoms. The topological polar surface area (TPSA) is 96.4 Å². The van der Waals surface area contributed by atoms with Crippen LogP contribution >= 0.6 is 11.3 Å². The van der Waals surface area contributed by atoms with Crippen LogP contribution in [-0.4, -0.2) is 42.9 Å². The number of benzene rings is 2. The summed E-state index contributed by atoms with van der Waals surface area (Å²) < 4.78 is 24.0. The Labute approximate surface area is 165 Å². The second-order valence-electron chi connectivity index (χ2n) is 6.35. The van der Waals surface area contributed by atoms with Gasteiger partial charge in [-0.15, -0.1) is 0 Å². The monoisotopic (exact) mass is 413 g/mol. The van der Waals surface area contributed by atoms with E-state index in [0.717, 1.165) is 6.26 Å². The fraction of sp³-hybridized carbons (Fsp3) is 0.105. The van der Waals surface area contributed by atoms with Gasteiger partial charge < -0.3 is 5.32 Å². The van der Waals surface area contributed by atoms with Crippen molar-refractivity contribution in [3.63, 3.8) is 0 Å². The summed E-state index contributed by atoms with van der Waals surface area (Å²) in [6, 6.07) is 11.7. The number of thiazole rings is 1. The van der Waals surface area contributed by atoms with Crippen molar-refractivity contribution in [3.05, 3.63) is 60.2 Å². The van der Waals surface area contributed by atoms with E-state index in [2.05, 4.69) is 16.9 Å². The van der Waals surface area contributed by atoms with Crippen molar-refractivity contribution in [1.82, 2.24) is 9.88 Å². The van der Waals surface area contributed by atoms with Crippen molar-refractivity contribution in [2.45, 2.75) is 4.90 Å². The molecule has 2 amide bonds. The molecule has 1 aliphatic heterocycles. The minimum absolute atomic E-state index is 0.184. The number of carbonyl (C=O) groups is 2. The minimum Gasteiger partial charge on any atom is -0.300 e. The van der Waals surface area contributed by atoms with Gasteiger partial charge in [-0.25, -0.2) is 13.4 Å². The number of aromatic nitrogens is 1. The third-order valence-electron chi connectivity index (χ3n) is 4.38. The van der Waals surface area contributed by atoms with Gasteiger partial charge >= 0.3 is 0 Å². The molecule has 3 aromatic rings. The third-order valence-corrected chi connectivity index (χ3v) is 6.42. The molecule has 0 radical (unpaired) electrons. The Hall–Kier alpha value is -3.04. The fourth-order valence-electron chi connectivity index (χ4n) is 2.99. The van der Waals surface area contributed by atoms with E-state index in [4.69, 9.17) is 0 Å². The maximum Gasteiger partial charge on any atom is 0.259 e. The number of sulfone groups is 1. The lowest BCUT2D eigenvalue weighted by Crippen LogP contribution is -2.32. The maximum atomic E-state index is 12.5. The van der Waals surface area contributed by atoms with Gasteiger partial charge in [0.15, 0.2) is 15.0 Å². The first-order chi connectivity index (χ1) is 13.2. The predicted molar refractivity (Wildman–Crippen MR) is 108 cm³/mol. The van der Waals surface area contributed by atoms with Crippen molar-refractivity contribution >= 4 is 54.0 Å². The van der Waals surface area contributed by atoms with Gasteiger partial charge in [-0.3, -0.25) is 14.5 Å². The van der Waals surface area contributed by atoms with Crippen LogP contribution in [0.4, 0.5) is 5.13 Å². The molecule has 0 bridgehead atoms. The Morgan fingerprint density at radius 2 is 1.93 bits per heavy atom. The highest BCUT2D eigenvalue weighted by molar-refractivity contribution is 7.90. The first kappa shape index (κ1) is 18.3. The van der Waals surface area contributed by atoms with E-state index in [1.54, 1.807) is 24.3 Å². The van der Waals surface area contributed by atoms with E-state index < -0.39 is 15.7 Å². The van der Waals surface area contributed by atoms with Crippen LogP contribution in [0.5, 0.6) is 0 Å². The van der Waals surface area contributed by atoms with Gasteiger partial charge in [-0.05, 0) is 24.3 Å². The highest BCUT2D eigenvalue weighted by Crippen LogP contribution is 2.31. The smallest absolute Gasteiger partial charge is 0.259 e. The van der Waals surface area contributed by atoms with Crippen LogP contribution < -0.4 is 5.32 Å². The van der Waals surface area contributed by atoms with Crippen molar-refractivity contribution in [1.29, 1.82) is 0 Å². The lowest BCUT2D eigenvalue weighted by Gasteiger charge is -2.16. The zero-order valence-corrected chi connectivity index (χ0v) is 16.4. The molecule has 1 aromatic heterocycles. The van der Waals surface area contributed by atoms with Crippen molar-refractivity contribution < 1.29 is 18.0 Å². The molecule has 0 spiro atoms. The largest absolute Gasteiger partial charge is 0.300 e. The summed E-state index contributed by atoms with van der Waals surface area (Å²) in [5.41, 5.74) is 2.31. The second-order valence-corrected chi connectivity index (χ2v) is 9.40. The molecule has 0 saturated carbocycles. The molecule has 0 saturated heterocycles. The number of nitrogens with zero attached hydrogens (tertiary/aromatic N) is 2. The van der Waals surface area contributed by atoms with Crippen molar-refractivity contribution in [2.24, 2.45) is 0 Å². The van der Waals surface area contributed by atoms with Crippen molar-refractivity contribution in [3.8, 4) is 0 Å². The summed E-state index contributed by atoms with van der Waals surface area (Å²) in [6.07, 6.45) is 1.13. The summed E-state index contributed by atoms with van der Waals surface area (Å²) in [6.45, 7) is 3.73. The summed E-state index contributed by atoms with van der Waals surface area (Å²) in [5, 5.41) is 3.00. The standard InChI is InChI=1S/C19H15N3O4S2/c1-11-13-5-3-4-6-14(13)18(24)22(11)10-17(23)21-19-20-15-8-7-12(28(2,25)26)9-16(15)27-19/h3-9H,1,10H2,2H3,(H,20,21,23). The van der Waals surface area contributed by atoms with E-state index in [1.165, 1.54) is 28.4 Å². The highest BCUT2D eigenvalue weighted by Gasteiger charge is 2.32. The number of nitrogens with one attached hydrogen (secondary N) is 1. The van der Waals surface area contributed by atoms with Crippen LogP contribution in [0.25, 0.3) is 15.9 Å². The van der Waals surface area contributed by atoms with E-state index in [0.29, 0.717) is 32.2 Å². The SMILES string of the molecule is C=C1c2ccccc2C(=O)N1CC(=O)Nc1nc2ccc(S(C)(=O)=O)cc2s1. The van der Waals surface area contributed by atoms with Crippen molar-refractivity contribution in [2.75, 3.05) is 18.1 Å². The van der Waals surface area contributed by atoms with Crippen LogP contribution in [0.15, 0.2) is 53.9 Å². The Morgan fingerprint density at radius 1 is 1.21 bits per heavy atom. The Kier molecular flexibility index (Phi) is 4.28. The highest BCUT2D eigenvalue weighted by atomic mass is 32.2. The molecule has 4 rings (SSSR count). The molecule has 1 aliphatic rings. The molecule has 0 fully saturated rings. The molecular weight excluding hydrogens is 398 g/mol. The van der Waals surface area contributed by atoms with Crippen LogP contribution in [0.3, 0.4) is 0 Å². The lowest BCUT2D eigenvalue weighted by molar-refractivity contribution is -0.116. The van der Waals surface area contributed by atoms with E-state index in [-0.39, 0.29) is 17.3 Å². The van der Waals surface area contributed by atoms with Crippen LogP contribution in [0.1, 0.15) is 15.9 Å². The van der Waals surface area contributed by atoms with Gasteiger partial charge in [0.1, 0.15) is 6.54 Å². The quantitative estimate of drug-likeness (QED) is 0.709. The number of fused-ring (bicyclic) bond motifs is 2. The van der Waals surface area contributed by atoms with Gasteiger partial charge in [0.2, 0.25) is 5.91 Å². The number of hydrogen-bond acceptors (Lipinski definition) is 6. The van der Waals surface area contributed by atoms with Gasteiger partial charge in [0, 0.05) is 23.1 Å². The fourth-order valence-corrected chi connectivity index (χ4v) is 4.64. The number of anilines is 1. The molecule has 142 valence electrons. The first-order valence-electron chi connectivity index (χ1n) is 8.25. The van der Waals surface area contributed by atoms with Gasteiger partial charge in [-0.2, -0.15) is 0 Å². The molecule has 28 heavy (non-hydrogen) atoms. The normalized spacial score (nSPS) is 13.8. The summed E-state index contributed by atoms with van der Waals surface area (Å²) in [5.74, 6) is -0.678. The van der Waals surface area contributed by atoms with Crippen LogP contribution in [0, 0.1) is 0 Å². The zero-order chi connectivity index (χ0) is 20.1. The molecule has 0 atom stereocenters. The average Bonchev–Trinajstić information content (AvgIpc) is 3.14. The Balaban J connectivity index is 1.52. The first-order valence-corrected chi connectivity index (χ1v) is 11.0. The number of amides is 2. The summed E-state index contributed by atoms with van der Waals surface area (Å²) >= 11 is 1.17. The zero-order valence-electron chi connectivity index (χ0n) is 14.8. The van der Waals surface area contributed by atoms with E-state index in [9.17, 15) is 18.0 Å². The number of carbonyl (C=O) groups excluding carboxylic acids is 2. The predicted octanol–water partition coefficient (Wildman–Crippen LogP) is 2.77. The van der Waals surface area contributed by atoms with E-state index in [1.807, 2.05) is 6.07 Å². The average molecular weight is 413 g/mol. The van der Waals surface area contributed by atoms with Crippen LogP contribution in [-0.2, 0) is 14.6 Å². The third kappa shape index (κ3) is 3.19. The second kappa shape index (κ2) is 6.54.